The van der Waals surface area contributed by atoms with Crippen LogP contribution in [0.25, 0.3) is 11.1 Å². The van der Waals surface area contributed by atoms with E-state index < -0.39 is 7.80 Å². The van der Waals surface area contributed by atoms with Gasteiger partial charge in [0, 0.05) is 5.56 Å². The molecule has 0 fully saturated rings. The number of hydrogen-bond acceptors (Lipinski definition) is 3. The summed E-state index contributed by atoms with van der Waals surface area (Å²) in [6.45, 7) is 8.69. The Balaban J connectivity index is 1.87. The van der Waals surface area contributed by atoms with Gasteiger partial charge in [0.15, 0.2) is 0 Å². The van der Waals surface area contributed by atoms with Gasteiger partial charge in [0.1, 0.15) is 5.75 Å². The van der Waals surface area contributed by atoms with Gasteiger partial charge >= 0.3 is 13.3 Å². The van der Waals surface area contributed by atoms with Crippen LogP contribution in [-0.4, -0.2) is 12.1 Å². The molecular formula is C27H30O3P+. The number of unbranched alkanes of at least 4 members (excludes halogenated alkanes) is 2. The molecule has 0 aliphatic rings. The molecule has 31 heavy (non-hydrogen) atoms. The third kappa shape index (κ3) is 5.48. The Morgan fingerprint density at radius 2 is 1.55 bits per heavy atom. The number of carbonyl (C=O) groups is 1. The maximum absolute atomic E-state index is 13.4. The van der Waals surface area contributed by atoms with Gasteiger partial charge < -0.3 is 4.74 Å². The molecule has 3 aromatic rings. The second-order valence-electron chi connectivity index (χ2n) is 7.97. The summed E-state index contributed by atoms with van der Waals surface area (Å²) in [5, 5.41) is 0.568. The van der Waals surface area contributed by atoms with E-state index in [1.54, 1.807) is 6.07 Å². The van der Waals surface area contributed by atoms with Crippen molar-refractivity contribution in [3.63, 3.8) is 0 Å². The normalized spacial score (nSPS) is 11.3. The molecule has 0 heterocycles. The minimum atomic E-state index is -2.24. The number of rotatable bonds is 9. The van der Waals surface area contributed by atoms with Gasteiger partial charge in [-0.15, -0.1) is 0 Å². The first-order chi connectivity index (χ1) is 14.9. The van der Waals surface area contributed by atoms with E-state index in [0.717, 1.165) is 52.8 Å². The van der Waals surface area contributed by atoms with E-state index in [2.05, 4.69) is 6.92 Å². The molecule has 4 heteroatoms. The lowest BCUT2D eigenvalue weighted by Crippen LogP contribution is -2.10. The van der Waals surface area contributed by atoms with Gasteiger partial charge in [0.05, 0.1) is 12.2 Å². The molecule has 0 radical (unpaired) electrons. The summed E-state index contributed by atoms with van der Waals surface area (Å²) in [5.74, 6) is 0.823. The summed E-state index contributed by atoms with van der Waals surface area (Å²) in [5.41, 5.74) is 4.83. The summed E-state index contributed by atoms with van der Waals surface area (Å²) in [6.07, 6.45) is 3.37. The largest absolute Gasteiger partial charge is 0.494 e. The van der Waals surface area contributed by atoms with Crippen molar-refractivity contribution in [1.29, 1.82) is 0 Å². The van der Waals surface area contributed by atoms with Crippen LogP contribution in [-0.2, 0) is 4.57 Å². The molecule has 3 nitrogen and oxygen atoms in total. The lowest BCUT2D eigenvalue weighted by molar-refractivity contribution is 0.107. The number of ether oxygens (including phenoxy) is 1. The van der Waals surface area contributed by atoms with Crippen LogP contribution < -0.4 is 10.0 Å². The molecule has 3 rings (SSSR count). The van der Waals surface area contributed by atoms with Crippen molar-refractivity contribution >= 4 is 18.6 Å². The highest BCUT2D eigenvalue weighted by atomic mass is 31.1. The third-order valence-electron chi connectivity index (χ3n) is 5.38. The van der Waals surface area contributed by atoms with E-state index in [4.69, 9.17) is 4.74 Å². The molecule has 0 aliphatic carbocycles. The van der Waals surface area contributed by atoms with E-state index in [1.807, 2.05) is 75.4 Å². The van der Waals surface area contributed by atoms with Crippen LogP contribution in [0.5, 0.6) is 5.75 Å². The average Bonchev–Trinajstić information content (AvgIpc) is 2.76. The van der Waals surface area contributed by atoms with Crippen molar-refractivity contribution in [3.05, 3.63) is 82.9 Å². The molecular weight excluding hydrogens is 403 g/mol. The number of aryl methyl sites for hydroxylation is 3. The Kier molecular flexibility index (Phi) is 7.76. The number of hydrogen-bond donors (Lipinski definition) is 0. The van der Waals surface area contributed by atoms with Gasteiger partial charge in [0.2, 0.25) is 5.30 Å². The Morgan fingerprint density at radius 1 is 0.903 bits per heavy atom. The van der Waals surface area contributed by atoms with Gasteiger partial charge in [-0.1, -0.05) is 66.3 Å². The van der Waals surface area contributed by atoms with Crippen LogP contribution in [0.3, 0.4) is 0 Å². The summed E-state index contributed by atoms with van der Waals surface area (Å²) < 4.78 is 19.2. The molecule has 1 unspecified atom stereocenters. The standard InChI is InChI=1S/C27H30O3P/c1-5-6-9-16-30-23-14-12-22(13-15-23)24-10-7-8-11-25(24)31(29)27(28)26-20(3)17-19(2)18-21(26)4/h7-8,10-15,17-18H,5-6,9,16H2,1-4H3/q+1. The van der Waals surface area contributed by atoms with E-state index in [9.17, 15) is 9.36 Å². The average molecular weight is 434 g/mol. The molecule has 0 saturated heterocycles. The van der Waals surface area contributed by atoms with Crippen LogP contribution in [0.2, 0.25) is 0 Å². The molecule has 0 spiro atoms. The lowest BCUT2D eigenvalue weighted by Gasteiger charge is -2.08. The molecule has 0 N–H and O–H groups in total. The summed E-state index contributed by atoms with van der Waals surface area (Å²) in [7, 11) is -2.24. The monoisotopic (exact) mass is 433 g/mol. The molecule has 0 aliphatic heterocycles. The Labute approximate surface area is 186 Å². The van der Waals surface area contributed by atoms with Crippen molar-refractivity contribution < 1.29 is 14.1 Å². The second kappa shape index (κ2) is 10.5. The van der Waals surface area contributed by atoms with Gasteiger partial charge in [-0.05, 0) is 68.1 Å². The first-order valence-corrected chi connectivity index (χ1v) is 12.1. The fraction of sp³-hybridized carbons (Fsp3) is 0.296. The quantitative estimate of drug-likeness (QED) is 0.266. The van der Waals surface area contributed by atoms with Gasteiger partial charge in [-0.3, -0.25) is 0 Å². The van der Waals surface area contributed by atoms with E-state index in [1.165, 1.54) is 0 Å². The molecule has 3 aromatic carbocycles. The molecule has 0 bridgehead atoms. The van der Waals surface area contributed by atoms with Crippen molar-refractivity contribution in [1.82, 2.24) is 0 Å². The van der Waals surface area contributed by atoms with Crippen LogP contribution in [0.4, 0.5) is 0 Å². The zero-order chi connectivity index (χ0) is 22.4. The Morgan fingerprint density at radius 3 is 2.19 bits per heavy atom. The maximum atomic E-state index is 13.4. The maximum Gasteiger partial charge on any atom is 0.459 e. The van der Waals surface area contributed by atoms with Gasteiger partial charge in [-0.25, -0.2) is 4.79 Å². The molecule has 160 valence electrons. The predicted molar refractivity (Wildman–Crippen MR) is 129 cm³/mol. The molecule has 0 saturated carbocycles. The highest BCUT2D eigenvalue weighted by Gasteiger charge is 2.37. The molecule has 0 amide bonds. The van der Waals surface area contributed by atoms with Crippen molar-refractivity contribution in [2.75, 3.05) is 6.61 Å². The second-order valence-corrected chi connectivity index (χ2v) is 9.45. The van der Waals surface area contributed by atoms with E-state index in [-0.39, 0.29) is 5.52 Å². The van der Waals surface area contributed by atoms with Gasteiger partial charge in [-0.2, -0.15) is 0 Å². The SMILES string of the molecule is CCCCCOc1ccc(-c2ccccc2[P+](=O)C(=O)c2c(C)cc(C)cc2C)cc1. The minimum absolute atomic E-state index is 0.312. The van der Waals surface area contributed by atoms with Crippen molar-refractivity contribution in [2.24, 2.45) is 0 Å². The van der Waals surface area contributed by atoms with Crippen LogP contribution in [0.1, 0.15) is 53.2 Å². The topological polar surface area (TPSA) is 43.4 Å². The zero-order valence-corrected chi connectivity index (χ0v) is 19.7. The van der Waals surface area contributed by atoms with E-state index in [0.29, 0.717) is 17.5 Å². The highest BCUT2D eigenvalue weighted by Crippen LogP contribution is 2.34. The van der Waals surface area contributed by atoms with E-state index >= 15 is 0 Å². The first-order valence-electron chi connectivity index (χ1n) is 10.8. The van der Waals surface area contributed by atoms with Crippen molar-refractivity contribution in [3.8, 4) is 16.9 Å². The number of benzene rings is 3. The first kappa shape index (κ1) is 22.9. The highest BCUT2D eigenvalue weighted by molar-refractivity contribution is 7.71. The summed E-state index contributed by atoms with van der Waals surface area (Å²) >= 11 is 0. The summed E-state index contributed by atoms with van der Waals surface area (Å²) in [4.78, 5) is 13.2. The third-order valence-corrected chi connectivity index (χ3v) is 6.80. The van der Waals surface area contributed by atoms with Crippen LogP contribution in [0, 0.1) is 20.8 Å². The lowest BCUT2D eigenvalue weighted by atomic mass is 10.0. The molecule has 1 atom stereocenters. The zero-order valence-electron chi connectivity index (χ0n) is 18.8. The Bertz CT molecular complexity index is 1060. The fourth-order valence-corrected chi connectivity index (χ4v) is 5.31. The number of carbonyl (C=O) groups excluding carboxylic acids is 1. The van der Waals surface area contributed by atoms with Crippen LogP contribution >= 0.6 is 7.80 Å². The van der Waals surface area contributed by atoms with Crippen molar-refractivity contribution in [2.45, 2.75) is 47.0 Å². The minimum Gasteiger partial charge on any atom is -0.494 e. The fourth-order valence-electron chi connectivity index (χ4n) is 3.90. The molecule has 0 aromatic heterocycles. The smallest absolute Gasteiger partial charge is 0.459 e. The van der Waals surface area contributed by atoms with Gasteiger partial charge in [0.25, 0.3) is 0 Å². The Hall–Kier alpha value is -2.77. The predicted octanol–water partition coefficient (Wildman–Crippen LogP) is 7.14. The summed E-state index contributed by atoms with van der Waals surface area (Å²) in [6, 6.07) is 19.2. The van der Waals surface area contributed by atoms with Crippen LogP contribution in [0.15, 0.2) is 60.7 Å².